The van der Waals surface area contributed by atoms with Crippen LogP contribution >= 0.6 is 22.9 Å². The Morgan fingerprint density at radius 2 is 2.57 bits per heavy atom. The van der Waals surface area contributed by atoms with Crippen LogP contribution in [0, 0.1) is 5.95 Å². The van der Waals surface area contributed by atoms with Gasteiger partial charge in [-0.3, -0.25) is 0 Å². The fraction of sp³-hybridized carbons (Fsp3) is 0. The van der Waals surface area contributed by atoms with Crippen molar-refractivity contribution in [3.05, 3.63) is 12.1 Å². The lowest BCUT2D eigenvalue weighted by molar-refractivity contribution is 0.579. The quantitative estimate of drug-likeness (QED) is 0.591. The van der Waals surface area contributed by atoms with E-state index in [1.165, 1.54) is 9.09 Å². The molecule has 0 saturated heterocycles. The Kier molecular flexibility index (Phi) is 1.22. The summed E-state index contributed by atoms with van der Waals surface area (Å²) in [5.74, 6) is -0.547. The van der Waals surface area contributed by atoms with Crippen molar-refractivity contribution in [2.45, 2.75) is 0 Å². The highest BCUT2D eigenvalue weighted by Gasteiger charge is 1.90. The van der Waals surface area contributed by atoms with Crippen LogP contribution in [0.3, 0.4) is 0 Å². The third-order valence-electron chi connectivity index (χ3n) is 0.439. The monoisotopic (exact) mass is 213 g/mol. The Bertz CT molecular complexity index is 145. The van der Waals surface area contributed by atoms with Crippen LogP contribution in [0.2, 0.25) is 0 Å². The van der Waals surface area contributed by atoms with Gasteiger partial charge in [-0.05, 0) is 0 Å². The predicted molar refractivity (Wildman–Crippen MR) is 29.4 cm³/mol. The minimum absolute atomic E-state index is 0.547. The Labute approximate surface area is 53.0 Å². The Hall–Kier alpha value is -0.200. The molecule has 0 bridgehead atoms. The van der Waals surface area contributed by atoms with Gasteiger partial charge in [0, 0.05) is 0 Å². The van der Waals surface area contributed by atoms with E-state index in [0.29, 0.717) is 0 Å². The van der Waals surface area contributed by atoms with Gasteiger partial charge in [0.1, 0.15) is 0 Å². The Morgan fingerprint density at radius 1 is 1.86 bits per heavy atom. The lowest BCUT2D eigenvalue weighted by Gasteiger charge is -1.69. The van der Waals surface area contributed by atoms with Gasteiger partial charge in [0.05, 0.1) is 29.1 Å². The van der Waals surface area contributed by atoms with E-state index in [1.807, 2.05) is 0 Å². The van der Waals surface area contributed by atoms with Gasteiger partial charge in [0.2, 0.25) is 0 Å². The SMILES string of the molecule is Fc1cn(I)nn1. The van der Waals surface area contributed by atoms with E-state index in [-0.39, 0.29) is 0 Å². The molecule has 1 aromatic heterocycles. The van der Waals surface area contributed by atoms with Crippen LogP contribution in [-0.4, -0.2) is 13.2 Å². The second-order valence-corrected chi connectivity index (χ2v) is 1.92. The summed E-state index contributed by atoms with van der Waals surface area (Å²) in [6.45, 7) is 0. The lowest BCUT2D eigenvalue weighted by atomic mass is 10.9. The first-order valence-corrected chi connectivity index (χ1v) is 2.49. The highest BCUT2D eigenvalue weighted by Crippen LogP contribution is 1.91. The summed E-state index contributed by atoms with van der Waals surface area (Å²) in [6, 6.07) is 0. The van der Waals surface area contributed by atoms with Gasteiger partial charge in [0.25, 0.3) is 5.95 Å². The smallest absolute Gasteiger partial charge is 0.188 e. The summed E-state index contributed by atoms with van der Waals surface area (Å²) in [4.78, 5) is 0. The molecule has 0 fully saturated rings. The molecule has 38 valence electrons. The molecule has 3 nitrogen and oxygen atoms in total. The van der Waals surface area contributed by atoms with Crippen LogP contribution < -0.4 is 0 Å². The summed E-state index contributed by atoms with van der Waals surface area (Å²) in [5, 5.41) is 6.35. The van der Waals surface area contributed by atoms with Gasteiger partial charge in [-0.1, -0.05) is 10.3 Å². The van der Waals surface area contributed by atoms with Crippen molar-refractivity contribution in [1.29, 1.82) is 0 Å². The zero-order valence-electron chi connectivity index (χ0n) is 3.17. The summed E-state index contributed by atoms with van der Waals surface area (Å²) in [7, 11) is 0. The van der Waals surface area contributed by atoms with E-state index in [1.54, 1.807) is 22.9 Å². The number of hydrogen-bond acceptors (Lipinski definition) is 2. The molecule has 0 amide bonds. The molecular weight excluding hydrogens is 212 g/mol. The number of hydrogen-bond donors (Lipinski definition) is 0. The molecule has 0 saturated carbocycles. The van der Waals surface area contributed by atoms with E-state index in [0.717, 1.165) is 0 Å². The second-order valence-electron chi connectivity index (χ2n) is 0.930. The molecule has 0 radical (unpaired) electrons. The molecule has 5 heteroatoms. The van der Waals surface area contributed by atoms with Crippen LogP contribution in [-0.2, 0) is 0 Å². The zero-order chi connectivity index (χ0) is 5.28. The van der Waals surface area contributed by atoms with Gasteiger partial charge in [-0.15, -0.1) is 0 Å². The molecule has 0 aliphatic rings. The maximum absolute atomic E-state index is 11.7. The molecule has 0 aliphatic heterocycles. The summed E-state index contributed by atoms with van der Waals surface area (Å²) in [6.07, 6.45) is 1.18. The average molecular weight is 213 g/mol. The largest absolute Gasteiger partial charge is 0.253 e. The van der Waals surface area contributed by atoms with E-state index in [9.17, 15) is 4.39 Å². The third kappa shape index (κ3) is 1.08. The molecule has 0 spiro atoms. The summed E-state index contributed by atoms with van der Waals surface area (Å²) < 4.78 is 13.0. The maximum atomic E-state index is 11.7. The number of rotatable bonds is 0. The topological polar surface area (TPSA) is 30.7 Å². The van der Waals surface area contributed by atoms with Gasteiger partial charge < -0.3 is 0 Å². The molecule has 1 aromatic rings. The van der Waals surface area contributed by atoms with Gasteiger partial charge in [-0.2, -0.15) is 7.29 Å². The predicted octanol–water partition coefficient (Wildman–Crippen LogP) is 0.615. The van der Waals surface area contributed by atoms with Crippen LogP contribution in [0.4, 0.5) is 4.39 Å². The second kappa shape index (κ2) is 1.73. The van der Waals surface area contributed by atoms with E-state index in [2.05, 4.69) is 10.3 Å². The van der Waals surface area contributed by atoms with Crippen LogP contribution in [0.5, 0.6) is 0 Å². The molecular formula is C2HFIN3. The van der Waals surface area contributed by atoms with Crippen molar-refractivity contribution < 1.29 is 4.39 Å². The van der Waals surface area contributed by atoms with Crippen molar-refractivity contribution in [2.24, 2.45) is 0 Å². The minimum atomic E-state index is -0.547. The van der Waals surface area contributed by atoms with Crippen molar-refractivity contribution in [3.63, 3.8) is 0 Å². The first kappa shape index (κ1) is 4.95. The fourth-order valence-electron chi connectivity index (χ4n) is 0.225. The lowest BCUT2D eigenvalue weighted by Crippen LogP contribution is -1.75. The summed E-state index contributed by atoms with van der Waals surface area (Å²) >= 11 is 1.80. The van der Waals surface area contributed by atoms with Gasteiger partial charge in [0.15, 0.2) is 0 Å². The standard InChI is InChI=1S/C2HFIN3/c3-2-1-7(4)6-5-2/h1H. The molecule has 0 atom stereocenters. The van der Waals surface area contributed by atoms with Gasteiger partial charge >= 0.3 is 0 Å². The molecule has 1 rings (SSSR count). The highest BCUT2D eigenvalue weighted by atomic mass is 127. The van der Waals surface area contributed by atoms with Crippen molar-refractivity contribution >= 4 is 22.9 Å². The van der Waals surface area contributed by atoms with Gasteiger partial charge in [-0.25, -0.2) is 0 Å². The minimum Gasteiger partial charge on any atom is -0.188 e. The van der Waals surface area contributed by atoms with Crippen LogP contribution in [0.15, 0.2) is 6.20 Å². The van der Waals surface area contributed by atoms with E-state index >= 15 is 0 Å². The number of halogens is 2. The van der Waals surface area contributed by atoms with E-state index in [4.69, 9.17) is 0 Å². The van der Waals surface area contributed by atoms with Crippen molar-refractivity contribution in [3.8, 4) is 0 Å². The van der Waals surface area contributed by atoms with Crippen molar-refractivity contribution in [1.82, 2.24) is 13.2 Å². The van der Waals surface area contributed by atoms with Crippen LogP contribution in [0.1, 0.15) is 0 Å². The molecule has 0 unspecified atom stereocenters. The summed E-state index contributed by atoms with van der Waals surface area (Å²) in [5.41, 5.74) is 0. The molecule has 0 N–H and O–H groups in total. The Balaban J connectivity index is 3.04. The number of aromatic nitrogens is 3. The van der Waals surface area contributed by atoms with E-state index < -0.39 is 5.95 Å². The normalized spacial score (nSPS) is 9.43. The maximum Gasteiger partial charge on any atom is 0.253 e. The zero-order valence-corrected chi connectivity index (χ0v) is 5.33. The third-order valence-corrected chi connectivity index (χ3v) is 0.910. The first-order valence-electron chi connectivity index (χ1n) is 1.53. The molecule has 7 heavy (non-hydrogen) atoms. The fourth-order valence-corrected chi connectivity index (χ4v) is 0.551. The first-order chi connectivity index (χ1) is 3.29. The van der Waals surface area contributed by atoms with Crippen LogP contribution in [0.25, 0.3) is 0 Å². The molecule has 0 aromatic carbocycles. The molecule has 0 aliphatic carbocycles. The number of nitrogens with zero attached hydrogens (tertiary/aromatic N) is 3. The highest BCUT2D eigenvalue weighted by molar-refractivity contribution is 14.1. The average Bonchev–Trinajstić information content (AvgIpc) is 1.87. The van der Waals surface area contributed by atoms with Crippen molar-refractivity contribution in [2.75, 3.05) is 0 Å². The molecule has 1 heterocycles. The Morgan fingerprint density at radius 3 is 2.71 bits per heavy atom.